The number of anilines is 1. The molecule has 1 atom stereocenters. The maximum absolute atomic E-state index is 13.4. The number of likely N-dealkylation sites (tertiary alicyclic amines) is 1. The molecule has 8 nitrogen and oxygen atoms in total. The standard InChI is InChI=1S/C25H30F3N7O/c1-34(2)13-9-10-35(12-13)24(36)21(31)20-17(30)7-8-18-19(20)14-5-3-4-6-15(14)22(33-18)16(11-29)23(32)25(26,27)28/h7-8,11,13,31-32H,3-6,9-10,12,29-30H2,1-2H3/b16-11-,31-21?,32-23?. The summed E-state index contributed by atoms with van der Waals surface area (Å²) in [5.74, 6) is -0.437. The third-order valence-corrected chi connectivity index (χ3v) is 7.12. The van der Waals surface area contributed by atoms with Gasteiger partial charge in [-0.15, -0.1) is 0 Å². The van der Waals surface area contributed by atoms with E-state index >= 15 is 0 Å². The molecule has 2 heterocycles. The maximum Gasteiger partial charge on any atom is 0.433 e. The van der Waals surface area contributed by atoms with Gasteiger partial charge < -0.3 is 21.3 Å². The van der Waals surface area contributed by atoms with Crippen molar-refractivity contribution in [3.63, 3.8) is 0 Å². The summed E-state index contributed by atoms with van der Waals surface area (Å²) in [5.41, 5.74) is 11.7. The van der Waals surface area contributed by atoms with E-state index in [-0.39, 0.29) is 28.7 Å². The fraction of sp³-hybridized carbons (Fsp3) is 0.440. The molecule has 4 rings (SSSR count). The normalized spacial score (nSPS) is 18.6. The molecular weight excluding hydrogens is 471 g/mol. The van der Waals surface area contributed by atoms with Gasteiger partial charge in [0.1, 0.15) is 11.4 Å². The molecule has 36 heavy (non-hydrogen) atoms. The molecule has 1 aliphatic carbocycles. The number of amides is 1. The van der Waals surface area contributed by atoms with Crippen LogP contribution in [0.15, 0.2) is 18.3 Å². The molecule has 1 aliphatic heterocycles. The van der Waals surface area contributed by atoms with Crippen LogP contribution in [0.2, 0.25) is 0 Å². The number of carbonyl (C=O) groups is 1. The summed E-state index contributed by atoms with van der Waals surface area (Å²) >= 11 is 0. The van der Waals surface area contributed by atoms with Gasteiger partial charge in [-0.3, -0.25) is 15.6 Å². The minimum atomic E-state index is -4.88. The van der Waals surface area contributed by atoms with Gasteiger partial charge in [-0.05, 0) is 69.5 Å². The number of nitrogens with zero attached hydrogens (tertiary/aromatic N) is 3. The first-order chi connectivity index (χ1) is 17.0. The van der Waals surface area contributed by atoms with Gasteiger partial charge in [0.2, 0.25) is 0 Å². The molecule has 0 bridgehead atoms. The van der Waals surface area contributed by atoms with Gasteiger partial charge in [-0.25, -0.2) is 4.98 Å². The topological polar surface area (TPSA) is 136 Å². The number of carbonyl (C=O) groups excluding carboxylic acids is 1. The number of rotatable bonds is 5. The van der Waals surface area contributed by atoms with Crippen molar-refractivity contribution in [2.75, 3.05) is 32.9 Å². The number of hydrogen-bond acceptors (Lipinski definition) is 7. The van der Waals surface area contributed by atoms with Crippen LogP contribution in [0.1, 0.15) is 41.6 Å². The van der Waals surface area contributed by atoms with Gasteiger partial charge in [0.05, 0.1) is 11.2 Å². The lowest BCUT2D eigenvalue weighted by Crippen LogP contribution is -2.38. The molecule has 1 saturated heterocycles. The zero-order valence-corrected chi connectivity index (χ0v) is 20.3. The van der Waals surface area contributed by atoms with Crippen molar-refractivity contribution < 1.29 is 18.0 Å². The van der Waals surface area contributed by atoms with Crippen LogP contribution in [0.3, 0.4) is 0 Å². The van der Waals surface area contributed by atoms with E-state index in [1.165, 1.54) is 6.07 Å². The van der Waals surface area contributed by atoms with Crippen molar-refractivity contribution in [2.45, 2.75) is 44.3 Å². The average molecular weight is 502 g/mol. The van der Waals surface area contributed by atoms with E-state index in [0.717, 1.165) is 25.5 Å². The average Bonchev–Trinajstić information content (AvgIpc) is 3.34. The number of nitrogens with two attached hydrogens (primary N) is 2. The Morgan fingerprint density at radius 2 is 1.86 bits per heavy atom. The lowest BCUT2D eigenvalue weighted by atomic mass is 9.83. The first-order valence-corrected chi connectivity index (χ1v) is 11.8. The lowest BCUT2D eigenvalue weighted by Gasteiger charge is -2.25. The molecule has 2 aliphatic rings. The largest absolute Gasteiger partial charge is 0.433 e. The third-order valence-electron chi connectivity index (χ3n) is 7.12. The van der Waals surface area contributed by atoms with Gasteiger partial charge in [0, 0.05) is 47.5 Å². The highest BCUT2D eigenvalue weighted by atomic mass is 19.4. The maximum atomic E-state index is 13.4. The predicted octanol–water partition coefficient (Wildman–Crippen LogP) is 3.11. The first-order valence-electron chi connectivity index (χ1n) is 11.8. The molecule has 0 saturated carbocycles. The van der Waals surface area contributed by atoms with Crippen molar-refractivity contribution >= 4 is 39.5 Å². The molecule has 192 valence electrons. The Morgan fingerprint density at radius 3 is 2.44 bits per heavy atom. The van der Waals surface area contributed by atoms with Crippen molar-refractivity contribution in [3.05, 3.63) is 40.7 Å². The summed E-state index contributed by atoms with van der Waals surface area (Å²) in [6, 6.07) is 3.29. The summed E-state index contributed by atoms with van der Waals surface area (Å²) in [5, 5.41) is 17.0. The SMILES string of the molecule is CN(C)C1CCN(C(=O)C(=N)c2c(N)ccc3nc(/C(=C/N)C(=N)C(F)(F)F)c4c(c23)CCCC4)C1. The van der Waals surface area contributed by atoms with Gasteiger partial charge in [0.15, 0.2) is 0 Å². The van der Waals surface area contributed by atoms with Gasteiger partial charge in [-0.2, -0.15) is 13.2 Å². The van der Waals surface area contributed by atoms with Crippen LogP contribution < -0.4 is 11.5 Å². The number of aromatic nitrogens is 1. The summed E-state index contributed by atoms with van der Waals surface area (Å²) in [7, 11) is 3.90. The number of allylic oxidation sites excluding steroid dienone is 1. The second kappa shape index (κ2) is 9.53. The molecule has 11 heteroatoms. The molecule has 1 fully saturated rings. The number of pyridine rings is 1. The summed E-state index contributed by atoms with van der Waals surface area (Å²) in [4.78, 5) is 21.5. The first kappa shape index (κ1) is 25.6. The van der Waals surface area contributed by atoms with Crippen molar-refractivity contribution in [3.8, 4) is 0 Å². The number of alkyl halides is 3. The number of benzene rings is 1. The monoisotopic (exact) mass is 501 g/mol. The predicted molar refractivity (Wildman–Crippen MR) is 134 cm³/mol. The number of halogens is 3. The summed E-state index contributed by atoms with van der Waals surface area (Å²) in [6.07, 6.45) is -0.808. The number of nitrogens with one attached hydrogen (secondary N) is 2. The highest BCUT2D eigenvalue weighted by molar-refractivity contribution is 6.47. The second-order valence-electron chi connectivity index (χ2n) is 9.53. The van der Waals surface area contributed by atoms with Crippen LogP contribution >= 0.6 is 0 Å². The molecule has 1 aromatic carbocycles. The van der Waals surface area contributed by atoms with Crippen LogP contribution in [0.4, 0.5) is 18.9 Å². The number of nitrogen functional groups attached to an aromatic ring is 1. The fourth-order valence-corrected chi connectivity index (χ4v) is 5.18. The van der Waals surface area contributed by atoms with Crippen molar-refractivity contribution in [1.82, 2.24) is 14.8 Å². The van der Waals surface area contributed by atoms with Gasteiger partial charge in [0.25, 0.3) is 5.91 Å². The highest BCUT2D eigenvalue weighted by Crippen LogP contribution is 2.38. The lowest BCUT2D eigenvalue weighted by molar-refractivity contribution is -0.123. The Balaban J connectivity index is 1.87. The molecule has 2 aromatic rings. The third kappa shape index (κ3) is 4.43. The zero-order valence-electron chi connectivity index (χ0n) is 20.3. The van der Waals surface area contributed by atoms with E-state index in [9.17, 15) is 18.0 Å². The number of fused-ring (bicyclic) bond motifs is 3. The van der Waals surface area contributed by atoms with E-state index in [1.807, 2.05) is 19.0 Å². The Labute approximate surface area is 207 Å². The van der Waals surface area contributed by atoms with Crippen LogP contribution in [0.5, 0.6) is 0 Å². The van der Waals surface area contributed by atoms with Crippen LogP contribution in [0.25, 0.3) is 16.5 Å². The molecule has 0 spiro atoms. The molecule has 1 amide bonds. The van der Waals surface area contributed by atoms with E-state index in [1.54, 1.807) is 11.0 Å². The highest BCUT2D eigenvalue weighted by Gasteiger charge is 2.39. The zero-order chi connectivity index (χ0) is 26.4. The number of likely N-dealkylation sites (N-methyl/N-ethyl adjacent to an activating group) is 1. The van der Waals surface area contributed by atoms with Gasteiger partial charge in [-0.1, -0.05) is 0 Å². The summed E-state index contributed by atoms with van der Waals surface area (Å²) in [6.45, 7) is 1.03. The van der Waals surface area contributed by atoms with E-state index < -0.39 is 23.4 Å². The van der Waals surface area contributed by atoms with E-state index in [2.05, 4.69) is 4.98 Å². The van der Waals surface area contributed by atoms with Crippen LogP contribution in [0, 0.1) is 10.8 Å². The summed E-state index contributed by atoms with van der Waals surface area (Å²) < 4.78 is 40.2. The minimum absolute atomic E-state index is 0.0176. The molecule has 6 N–H and O–H groups in total. The molecule has 0 radical (unpaired) electrons. The fourth-order valence-electron chi connectivity index (χ4n) is 5.18. The van der Waals surface area contributed by atoms with Crippen LogP contribution in [-0.4, -0.2) is 71.5 Å². The smallest absolute Gasteiger partial charge is 0.404 e. The minimum Gasteiger partial charge on any atom is -0.404 e. The van der Waals surface area contributed by atoms with Gasteiger partial charge >= 0.3 is 6.18 Å². The van der Waals surface area contributed by atoms with Crippen molar-refractivity contribution in [1.29, 1.82) is 10.8 Å². The molecule has 1 aromatic heterocycles. The Bertz CT molecular complexity index is 1280. The Kier molecular flexibility index (Phi) is 6.78. The number of hydrogen-bond donors (Lipinski definition) is 4. The number of aryl methyl sites for hydroxylation is 1. The van der Waals surface area contributed by atoms with Crippen molar-refractivity contribution in [2.24, 2.45) is 5.73 Å². The second-order valence-corrected chi connectivity index (χ2v) is 9.53. The Hall–Kier alpha value is -3.47. The molecular formula is C25H30F3N7O. The molecule has 1 unspecified atom stereocenters. The van der Waals surface area contributed by atoms with Crippen LogP contribution in [-0.2, 0) is 17.6 Å². The quantitative estimate of drug-likeness (QED) is 0.369. The van der Waals surface area contributed by atoms with E-state index in [4.69, 9.17) is 22.3 Å². The van der Waals surface area contributed by atoms with E-state index in [0.29, 0.717) is 48.0 Å². The Morgan fingerprint density at radius 1 is 1.19 bits per heavy atom.